The summed E-state index contributed by atoms with van der Waals surface area (Å²) in [5, 5.41) is 8.76. The van der Waals surface area contributed by atoms with Gasteiger partial charge >= 0.3 is 0 Å². The summed E-state index contributed by atoms with van der Waals surface area (Å²) in [5.41, 5.74) is 1.97. The van der Waals surface area contributed by atoms with E-state index < -0.39 is 0 Å². The molecule has 27 heavy (non-hydrogen) atoms. The Morgan fingerprint density at radius 3 is 2.56 bits per heavy atom. The van der Waals surface area contributed by atoms with Crippen LogP contribution in [0.2, 0.25) is 5.02 Å². The summed E-state index contributed by atoms with van der Waals surface area (Å²) in [6.45, 7) is 2.17. The number of rotatable bonds is 6. The molecule has 0 spiro atoms. The Bertz CT molecular complexity index is 829. The fraction of sp³-hybridized carbons (Fsp3) is 0.545. The van der Waals surface area contributed by atoms with Crippen LogP contribution in [0.3, 0.4) is 0 Å². The van der Waals surface area contributed by atoms with Crippen LogP contribution in [0.15, 0.2) is 36.5 Å². The molecular formula is C22H26ClN3O. The molecule has 0 saturated heterocycles. The highest BCUT2D eigenvalue weighted by atomic mass is 35.5. The monoisotopic (exact) mass is 383 g/mol. The summed E-state index contributed by atoms with van der Waals surface area (Å²) >= 11 is 5.92. The van der Waals surface area contributed by atoms with Gasteiger partial charge in [0.05, 0.1) is 11.7 Å². The second-order valence-electron chi connectivity index (χ2n) is 8.52. The number of aromatic nitrogens is 2. The minimum absolute atomic E-state index is 0.0150. The molecule has 5 heteroatoms. The second kappa shape index (κ2) is 6.66. The number of carbonyl (C=O) groups is 1. The summed E-state index contributed by atoms with van der Waals surface area (Å²) in [7, 11) is 0. The summed E-state index contributed by atoms with van der Waals surface area (Å²) < 4.78 is 2.21. The van der Waals surface area contributed by atoms with Crippen LogP contribution in [0.25, 0.3) is 0 Å². The van der Waals surface area contributed by atoms with Gasteiger partial charge in [0, 0.05) is 28.7 Å². The standard InChI is InChI=1S/C22H26ClN3O/c1-2-19(24-22(27)14-5-7-15(23)8-6-14)21-17-11-16(12-18(17)21)26-10-9-20(25-26)13-3-4-13/h5-10,13,16-19,21H,2-4,11-12H2,1H3,(H,24,27)/t16-,17-,18+,19-,21+/m1/s1. The van der Waals surface area contributed by atoms with Crippen molar-refractivity contribution in [3.8, 4) is 0 Å². The maximum Gasteiger partial charge on any atom is 0.251 e. The molecule has 3 saturated carbocycles. The SMILES string of the molecule is CC[C@@H](NC(=O)c1ccc(Cl)cc1)[C@H]1[C@@H]2C[C@@H](n3ccc(C4CC4)n3)C[C@@H]21. The highest BCUT2D eigenvalue weighted by Gasteiger charge is 2.59. The van der Waals surface area contributed by atoms with Crippen LogP contribution < -0.4 is 5.32 Å². The number of halogens is 1. The van der Waals surface area contributed by atoms with E-state index in [9.17, 15) is 4.79 Å². The molecular weight excluding hydrogens is 358 g/mol. The van der Waals surface area contributed by atoms with Crippen LogP contribution in [0.1, 0.15) is 67.0 Å². The number of hydrogen-bond acceptors (Lipinski definition) is 2. The molecule has 142 valence electrons. The van der Waals surface area contributed by atoms with Gasteiger partial charge in [-0.15, -0.1) is 0 Å². The average molecular weight is 384 g/mol. The molecule has 1 N–H and O–H groups in total. The first-order chi connectivity index (χ1) is 13.1. The van der Waals surface area contributed by atoms with Gasteiger partial charge in [-0.25, -0.2) is 0 Å². The zero-order valence-corrected chi connectivity index (χ0v) is 16.4. The first-order valence-electron chi connectivity index (χ1n) is 10.3. The van der Waals surface area contributed by atoms with Crippen molar-refractivity contribution in [2.45, 2.75) is 57.0 Å². The zero-order chi connectivity index (χ0) is 18.5. The molecule has 3 aliphatic carbocycles. The van der Waals surface area contributed by atoms with Crippen LogP contribution >= 0.6 is 11.6 Å². The van der Waals surface area contributed by atoms with Crippen molar-refractivity contribution in [3.63, 3.8) is 0 Å². The molecule has 5 rings (SSSR count). The van der Waals surface area contributed by atoms with Crippen molar-refractivity contribution in [2.24, 2.45) is 17.8 Å². The minimum Gasteiger partial charge on any atom is -0.349 e. The lowest BCUT2D eigenvalue weighted by Gasteiger charge is -2.22. The van der Waals surface area contributed by atoms with Gasteiger partial charge in [0.1, 0.15) is 0 Å². The summed E-state index contributed by atoms with van der Waals surface area (Å²) in [6.07, 6.45) is 8.18. The molecule has 0 bridgehead atoms. The summed E-state index contributed by atoms with van der Waals surface area (Å²) in [6, 6.07) is 10.2. The van der Waals surface area contributed by atoms with Gasteiger partial charge in [-0.1, -0.05) is 18.5 Å². The Balaban J connectivity index is 1.19. The number of amides is 1. The fourth-order valence-electron chi connectivity index (χ4n) is 5.15. The first-order valence-corrected chi connectivity index (χ1v) is 10.6. The van der Waals surface area contributed by atoms with Gasteiger partial charge in [0.25, 0.3) is 5.91 Å². The van der Waals surface area contributed by atoms with Gasteiger partial charge in [0.15, 0.2) is 0 Å². The molecule has 1 aromatic carbocycles. The van der Waals surface area contributed by atoms with Gasteiger partial charge in [-0.3, -0.25) is 9.48 Å². The fourth-order valence-corrected chi connectivity index (χ4v) is 5.28. The third kappa shape index (κ3) is 3.29. The third-order valence-electron chi connectivity index (χ3n) is 6.81. The van der Waals surface area contributed by atoms with Crippen LogP contribution in [-0.4, -0.2) is 21.7 Å². The van der Waals surface area contributed by atoms with Crippen LogP contribution in [0, 0.1) is 17.8 Å². The predicted octanol–water partition coefficient (Wildman–Crippen LogP) is 4.82. The number of nitrogens with one attached hydrogen (secondary N) is 1. The van der Waals surface area contributed by atoms with E-state index in [0.717, 1.165) is 24.2 Å². The van der Waals surface area contributed by atoms with Gasteiger partial charge < -0.3 is 5.32 Å². The quantitative estimate of drug-likeness (QED) is 0.777. The number of nitrogens with zero attached hydrogens (tertiary/aromatic N) is 2. The van der Waals surface area contributed by atoms with Gasteiger partial charge in [-0.05, 0) is 80.2 Å². The lowest BCUT2D eigenvalue weighted by molar-refractivity contribution is 0.0926. The maximum atomic E-state index is 12.6. The topological polar surface area (TPSA) is 46.9 Å². The molecule has 3 aliphatic rings. The lowest BCUT2D eigenvalue weighted by atomic mass is 9.99. The molecule has 2 aromatic rings. The normalized spacial score (nSPS) is 30.0. The highest BCUT2D eigenvalue weighted by molar-refractivity contribution is 6.30. The maximum absolute atomic E-state index is 12.6. The largest absolute Gasteiger partial charge is 0.349 e. The van der Waals surface area contributed by atoms with Crippen molar-refractivity contribution >= 4 is 17.5 Å². The van der Waals surface area contributed by atoms with Crippen molar-refractivity contribution in [1.82, 2.24) is 15.1 Å². The van der Waals surface area contributed by atoms with Crippen LogP contribution in [0.5, 0.6) is 0 Å². The molecule has 0 unspecified atom stereocenters. The predicted molar refractivity (Wildman–Crippen MR) is 106 cm³/mol. The Hall–Kier alpha value is -1.81. The summed E-state index contributed by atoms with van der Waals surface area (Å²) in [5.74, 6) is 2.84. The number of fused-ring (bicyclic) bond motifs is 1. The van der Waals surface area contributed by atoms with E-state index in [2.05, 4.69) is 29.2 Å². The number of carbonyl (C=O) groups excluding carboxylic acids is 1. The molecule has 1 amide bonds. The van der Waals surface area contributed by atoms with E-state index in [-0.39, 0.29) is 11.9 Å². The smallest absolute Gasteiger partial charge is 0.251 e. The highest BCUT2D eigenvalue weighted by Crippen LogP contribution is 2.62. The Labute approximate surface area is 165 Å². The Morgan fingerprint density at radius 1 is 1.22 bits per heavy atom. The molecule has 1 heterocycles. The van der Waals surface area contributed by atoms with E-state index in [1.54, 1.807) is 24.3 Å². The molecule has 3 fully saturated rings. The van der Waals surface area contributed by atoms with Crippen molar-refractivity contribution in [2.75, 3.05) is 0 Å². The molecule has 4 nitrogen and oxygen atoms in total. The molecule has 1 aromatic heterocycles. The molecule has 0 radical (unpaired) electrons. The lowest BCUT2D eigenvalue weighted by Crippen LogP contribution is -2.37. The Kier molecular flexibility index (Phi) is 4.27. The van der Waals surface area contributed by atoms with Crippen molar-refractivity contribution in [3.05, 3.63) is 52.8 Å². The van der Waals surface area contributed by atoms with Crippen molar-refractivity contribution < 1.29 is 4.79 Å². The van der Waals surface area contributed by atoms with E-state index in [1.165, 1.54) is 31.4 Å². The number of benzene rings is 1. The van der Waals surface area contributed by atoms with Crippen LogP contribution in [0.4, 0.5) is 0 Å². The van der Waals surface area contributed by atoms with Gasteiger partial charge in [0.2, 0.25) is 0 Å². The minimum atomic E-state index is 0.0150. The number of hydrogen-bond donors (Lipinski definition) is 1. The molecule has 0 aliphatic heterocycles. The first kappa shape index (κ1) is 17.3. The Morgan fingerprint density at radius 2 is 1.93 bits per heavy atom. The van der Waals surface area contributed by atoms with E-state index in [0.29, 0.717) is 22.5 Å². The third-order valence-corrected chi connectivity index (χ3v) is 7.06. The molecule has 5 atom stereocenters. The zero-order valence-electron chi connectivity index (χ0n) is 15.6. The second-order valence-corrected chi connectivity index (χ2v) is 8.96. The van der Waals surface area contributed by atoms with Crippen molar-refractivity contribution in [1.29, 1.82) is 0 Å². The van der Waals surface area contributed by atoms with Gasteiger partial charge in [-0.2, -0.15) is 5.10 Å². The summed E-state index contributed by atoms with van der Waals surface area (Å²) in [4.78, 5) is 12.6. The van der Waals surface area contributed by atoms with E-state index in [4.69, 9.17) is 16.7 Å². The van der Waals surface area contributed by atoms with Crippen LogP contribution in [-0.2, 0) is 0 Å². The van der Waals surface area contributed by atoms with E-state index in [1.807, 2.05) is 0 Å². The van der Waals surface area contributed by atoms with E-state index >= 15 is 0 Å². The average Bonchev–Trinajstić information content (AvgIpc) is 3.53.